The monoisotopic (exact) mass is 747 g/mol. The van der Waals surface area contributed by atoms with Crippen molar-refractivity contribution in [1.29, 1.82) is 0 Å². The van der Waals surface area contributed by atoms with Crippen LogP contribution in [0.2, 0.25) is 0 Å². The molecule has 0 atom stereocenters. The van der Waals surface area contributed by atoms with Crippen LogP contribution in [0.5, 0.6) is 0 Å². The number of carbonyl (C=O) groups is 1. The molecular formula is C35H24F3N5O7S2. The van der Waals surface area contributed by atoms with E-state index in [1.54, 1.807) is 85.0 Å². The van der Waals surface area contributed by atoms with Gasteiger partial charge in [0.05, 0.1) is 22.7 Å². The molecule has 0 bridgehead atoms. The first-order valence-electron chi connectivity index (χ1n) is 15.0. The number of alkyl halides is 3. The molecule has 0 aromatic heterocycles. The second kappa shape index (κ2) is 13.7. The van der Waals surface area contributed by atoms with Gasteiger partial charge in [-0.2, -0.15) is 45.3 Å². The van der Waals surface area contributed by atoms with E-state index in [1.807, 2.05) is 0 Å². The van der Waals surface area contributed by atoms with Crippen LogP contribution in [0.4, 0.5) is 41.6 Å². The number of aryl methyl sites for hydroxylation is 1. The zero-order valence-electron chi connectivity index (χ0n) is 26.6. The van der Waals surface area contributed by atoms with Crippen LogP contribution in [-0.2, 0) is 25.0 Å². The summed E-state index contributed by atoms with van der Waals surface area (Å²) < 4.78 is 107. The average molecular weight is 748 g/mol. The summed E-state index contributed by atoms with van der Waals surface area (Å²) in [4.78, 5) is 10.9. The van der Waals surface area contributed by atoms with Gasteiger partial charge in [0, 0.05) is 16.2 Å². The molecule has 52 heavy (non-hydrogen) atoms. The summed E-state index contributed by atoms with van der Waals surface area (Å²) in [5.41, 5.74) is 2.16. The predicted octanol–water partition coefficient (Wildman–Crippen LogP) is 9.79. The third-order valence-electron chi connectivity index (χ3n) is 7.90. The highest BCUT2D eigenvalue weighted by Crippen LogP contribution is 2.40. The lowest BCUT2D eigenvalue weighted by Gasteiger charge is -2.14. The predicted molar refractivity (Wildman–Crippen MR) is 187 cm³/mol. The third kappa shape index (κ3) is 7.57. The summed E-state index contributed by atoms with van der Waals surface area (Å²) in [6, 6.07) is 27.4. The van der Waals surface area contributed by atoms with Crippen molar-refractivity contribution < 1.29 is 43.9 Å². The Kier molecular flexibility index (Phi) is 9.45. The Balaban J connectivity index is 1.26. The van der Waals surface area contributed by atoms with Crippen molar-refractivity contribution >= 4 is 76.1 Å². The Morgan fingerprint density at radius 1 is 0.596 bits per heavy atom. The van der Waals surface area contributed by atoms with Gasteiger partial charge in [0.15, 0.2) is 0 Å². The van der Waals surface area contributed by atoms with Crippen LogP contribution in [0, 0.1) is 6.92 Å². The minimum absolute atomic E-state index is 0.127. The maximum atomic E-state index is 13.2. The molecule has 1 amide bonds. The Bertz CT molecular complexity index is 2670. The van der Waals surface area contributed by atoms with Gasteiger partial charge in [-0.25, -0.2) is 0 Å². The number of rotatable bonds is 8. The third-order valence-corrected chi connectivity index (χ3v) is 9.69. The molecule has 264 valence electrons. The van der Waals surface area contributed by atoms with Crippen LogP contribution < -0.4 is 5.32 Å². The number of hydrogen-bond donors (Lipinski definition) is 3. The second-order valence-corrected chi connectivity index (χ2v) is 14.1. The molecular weight excluding hydrogens is 724 g/mol. The molecule has 3 N–H and O–H groups in total. The fraction of sp³-hybridized carbons (Fsp3) is 0.0571. The van der Waals surface area contributed by atoms with Crippen molar-refractivity contribution in [3.05, 3.63) is 115 Å². The molecule has 6 rings (SSSR count). The SMILES string of the molecule is Cc1c(N=Nc2ccc(-c3ccc(N=Nc4cc(S(=O)(=O)O)c5ccccc5c4NC(=O)C(F)(F)F)cc3)cc2)cc(S(=O)(=O)O)c2ccccc12. The molecule has 0 saturated carbocycles. The molecule has 12 nitrogen and oxygen atoms in total. The number of halogens is 3. The van der Waals surface area contributed by atoms with Gasteiger partial charge < -0.3 is 5.32 Å². The quantitative estimate of drug-likeness (QED) is 0.102. The number of azo groups is 2. The highest BCUT2D eigenvalue weighted by Gasteiger charge is 2.39. The first-order chi connectivity index (χ1) is 24.5. The molecule has 0 fully saturated rings. The Morgan fingerprint density at radius 3 is 1.46 bits per heavy atom. The van der Waals surface area contributed by atoms with E-state index < -0.39 is 48.6 Å². The lowest BCUT2D eigenvalue weighted by molar-refractivity contribution is -0.167. The zero-order valence-corrected chi connectivity index (χ0v) is 28.2. The average Bonchev–Trinajstić information content (AvgIpc) is 3.10. The normalized spacial score (nSPS) is 12.7. The van der Waals surface area contributed by atoms with Gasteiger partial charge in [0.1, 0.15) is 15.5 Å². The maximum absolute atomic E-state index is 13.2. The minimum atomic E-state index is -5.26. The van der Waals surface area contributed by atoms with E-state index in [2.05, 4.69) is 20.5 Å². The molecule has 0 heterocycles. The standard InChI is InChI=1S/C35H24F3N5O7S2/c1-20-25-6-2-3-7-26(25)31(51(45,46)47)18-29(20)42-40-23-14-10-21(11-15-23)22-12-16-24(17-13-22)41-43-30-19-32(52(48,49)50)27-8-4-5-9-28(27)33(30)39-34(44)35(36,37)38/h2-19H,1H3,(H,39,44)(H,45,46,47)(H,48,49,50). The Hall–Kier alpha value is -5.88. The van der Waals surface area contributed by atoms with Gasteiger partial charge in [0.2, 0.25) is 0 Å². The zero-order chi connectivity index (χ0) is 37.4. The van der Waals surface area contributed by atoms with E-state index in [-0.39, 0.29) is 27.0 Å². The summed E-state index contributed by atoms with van der Waals surface area (Å²) in [5.74, 6) is -2.32. The Labute approximate surface area is 293 Å². The van der Waals surface area contributed by atoms with E-state index in [9.17, 15) is 43.9 Å². The molecule has 6 aromatic rings. The number of amides is 1. The number of hydrogen-bond acceptors (Lipinski definition) is 9. The molecule has 0 aliphatic carbocycles. The number of nitrogens with zero attached hydrogens (tertiary/aromatic N) is 4. The van der Waals surface area contributed by atoms with Gasteiger partial charge in [-0.3, -0.25) is 13.9 Å². The highest BCUT2D eigenvalue weighted by molar-refractivity contribution is 7.86. The molecule has 6 aromatic carbocycles. The number of anilines is 1. The van der Waals surface area contributed by atoms with Crippen LogP contribution in [0.15, 0.2) is 139 Å². The highest BCUT2D eigenvalue weighted by atomic mass is 32.2. The lowest BCUT2D eigenvalue weighted by Crippen LogP contribution is -2.30. The largest absolute Gasteiger partial charge is 0.471 e. The molecule has 0 aliphatic heterocycles. The Morgan fingerprint density at radius 2 is 1.00 bits per heavy atom. The van der Waals surface area contributed by atoms with Crippen molar-refractivity contribution in [2.24, 2.45) is 20.5 Å². The van der Waals surface area contributed by atoms with Gasteiger partial charge in [0.25, 0.3) is 20.2 Å². The molecule has 17 heteroatoms. The van der Waals surface area contributed by atoms with E-state index in [0.717, 1.165) is 17.2 Å². The van der Waals surface area contributed by atoms with Crippen molar-refractivity contribution in [3.63, 3.8) is 0 Å². The smallest absolute Gasteiger partial charge is 0.316 e. The molecule has 0 unspecified atom stereocenters. The maximum Gasteiger partial charge on any atom is 0.471 e. The van der Waals surface area contributed by atoms with Crippen LogP contribution in [0.3, 0.4) is 0 Å². The van der Waals surface area contributed by atoms with Gasteiger partial charge in [-0.05, 0) is 65.4 Å². The molecule has 0 spiro atoms. The van der Waals surface area contributed by atoms with E-state index in [0.29, 0.717) is 22.0 Å². The summed E-state index contributed by atoms with van der Waals surface area (Å²) in [7, 11) is -9.40. The number of nitrogens with one attached hydrogen (secondary N) is 1. The number of fused-ring (bicyclic) bond motifs is 2. The van der Waals surface area contributed by atoms with Crippen molar-refractivity contribution in [1.82, 2.24) is 0 Å². The second-order valence-electron chi connectivity index (χ2n) is 11.3. The van der Waals surface area contributed by atoms with Crippen LogP contribution >= 0.6 is 0 Å². The summed E-state index contributed by atoms with van der Waals surface area (Å²) in [6.45, 7) is 1.76. The fourth-order valence-electron chi connectivity index (χ4n) is 5.39. The van der Waals surface area contributed by atoms with Gasteiger partial charge in [-0.15, -0.1) is 5.11 Å². The summed E-state index contributed by atoms with van der Waals surface area (Å²) in [6.07, 6.45) is -5.26. The van der Waals surface area contributed by atoms with Gasteiger partial charge >= 0.3 is 12.1 Å². The van der Waals surface area contributed by atoms with Crippen molar-refractivity contribution in [2.45, 2.75) is 22.9 Å². The van der Waals surface area contributed by atoms with E-state index >= 15 is 0 Å². The first kappa shape index (κ1) is 35.9. The summed E-state index contributed by atoms with van der Waals surface area (Å²) >= 11 is 0. The lowest BCUT2D eigenvalue weighted by atomic mass is 10.0. The van der Waals surface area contributed by atoms with Crippen LogP contribution in [0.1, 0.15) is 5.56 Å². The topological polar surface area (TPSA) is 187 Å². The molecule has 0 aliphatic rings. The van der Waals surface area contributed by atoms with Gasteiger partial charge in [-0.1, -0.05) is 72.8 Å². The first-order valence-corrected chi connectivity index (χ1v) is 17.8. The van der Waals surface area contributed by atoms with E-state index in [1.165, 1.54) is 30.3 Å². The van der Waals surface area contributed by atoms with Crippen molar-refractivity contribution in [3.8, 4) is 11.1 Å². The molecule has 0 radical (unpaired) electrons. The van der Waals surface area contributed by atoms with E-state index in [4.69, 9.17) is 0 Å². The fourth-order valence-corrected chi connectivity index (χ4v) is 6.82. The van der Waals surface area contributed by atoms with Crippen LogP contribution in [-0.4, -0.2) is 38.0 Å². The van der Waals surface area contributed by atoms with Crippen LogP contribution in [0.25, 0.3) is 32.7 Å². The van der Waals surface area contributed by atoms with Crippen molar-refractivity contribution in [2.75, 3.05) is 5.32 Å². The minimum Gasteiger partial charge on any atom is -0.316 e. The molecule has 0 saturated heterocycles. The summed E-state index contributed by atoms with van der Waals surface area (Å²) in [5, 5.41) is 18.8. The number of carbonyl (C=O) groups excluding carboxylic acids is 1. The number of benzene rings is 6.